The summed E-state index contributed by atoms with van der Waals surface area (Å²) < 4.78 is 5.12. The Morgan fingerprint density at radius 2 is 2.16 bits per heavy atom. The van der Waals surface area contributed by atoms with Crippen molar-refractivity contribution >= 4 is 40.8 Å². The van der Waals surface area contributed by atoms with E-state index in [9.17, 15) is 4.79 Å². The van der Waals surface area contributed by atoms with Gasteiger partial charge in [-0.3, -0.25) is 4.79 Å². The van der Waals surface area contributed by atoms with Gasteiger partial charge in [0.15, 0.2) is 10.2 Å². The second-order valence-electron chi connectivity index (χ2n) is 3.60. The number of nitrogens with one attached hydrogen (secondary N) is 1. The lowest BCUT2D eigenvalue weighted by Gasteiger charge is -2.02. The Hall–Kier alpha value is -1.11. The van der Waals surface area contributed by atoms with E-state index >= 15 is 0 Å². The number of benzene rings is 1. The number of hydrogen-bond acceptors (Lipinski definition) is 5. The Morgan fingerprint density at radius 1 is 1.42 bits per heavy atom. The maximum Gasteiger partial charge on any atom is 0.251 e. The molecule has 1 N–H and O–H groups in total. The van der Waals surface area contributed by atoms with E-state index < -0.39 is 0 Å². The zero-order chi connectivity index (χ0) is 13.7. The van der Waals surface area contributed by atoms with Crippen LogP contribution in [0.1, 0.15) is 23.1 Å². The smallest absolute Gasteiger partial charge is 0.251 e. The molecule has 0 saturated carbocycles. The SMILES string of the molecule is CCSc1nc(CNC(=O)c2ccc(Cl)cc2)ns1. The Balaban J connectivity index is 1.90. The van der Waals surface area contributed by atoms with Crippen LogP contribution >= 0.6 is 34.9 Å². The third kappa shape index (κ3) is 4.19. The van der Waals surface area contributed by atoms with Gasteiger partial charge in [-0.2, -0.15) is 4.37 Å². The van der Waals surface area contributed by atoms with Crippen LogP contribution < -0.4 is 5.32 Å². The zero-order valence-electron chi connectivity index (χ0n) is 10.2. The lowest BCUT2D eigenvalue weighted by Crippen LogP contribution is -2.23. The standard InChI is InChI=1S/C12H12ClN3OS2/c1-2-18-12-15-10(16-19-12)7-14-11(17)8-3-5-9(13)6-4-8/h3-6H,2,7H2,1H3,(H,14,17). The van der Waals surface area contributed by atoms with Crippen LogP contribution in [0.25, 0.3) is 0 Å². The lowest BCUT2D eigenvalue weighted by atomic mass is 10.2. The highest BCUT2D eigenvalue weighted by molar-refractivity contribution is 8.00. The number of thioether (sulfide) groups is 1. The first-order chi connectivity index (χ1) is 9.19. The van der Waals surface area contributed by atoms with Crippen LogP contribution in [0.15, 0.2) is 28.6 Å². The lowest BCUT2D eigenvalue weighted by molar-refractivity contribution is 0.0950. The number of halogens is 1. The summed E-state index contributed by atoms with van der Waals surface area (Å²) in [7, 11) is 0. The minimum atomic E-state index is -0.156. The summed E-state index contributed by atoms with van der Waals surface area (Å²) in [5.41, 5.74) is 0.572. The van der Waals surface area contributed by atoms with Crippen molar-refractivity contribution < 1.29 is 4.79 Å². The first-order valence-electron chi connectivity index (χ1n) is 5.68. The molecule has 4 nitrogen and oxygen atoms in total. The quantitative estimate of drug-likeness (QED) is 0.861. The van der Waals surface area contributed by atoms with E-state index in [0.717, 1.165) is 10.1 Å². The molecule has 2 aromatic rings. The molecule has 0 fully saturated rings. The van der Waals surface area contributed by atoms with Crippen molar-refractivity contribution in [3.8, 4) is 0 Å². The van der Waals surface area contributed by atoms with Gasteiger partial charge in [-0.15, -0.1) is 0 Å². The average molecular weight is 314 g/mol. The molecule has 0 unspecified atom stereocenters. The van der Waals surface area contributed by atoms with Gasteiger partial charge in [-0.25, -0.2) is 4.98 Å². The van der Waals surface area contributed by atoms with Crippen LogP contribution in [0.4, 0.5) is 0 Å². The van der Waals surface area contributed by atoms with Crippen LogP contribution in [0.5, 0.6) is 0 Å². The molecule has 0 aliphatic heterocycles. The van der Waals surface area contributed by atoms with Gasteiger partial charge in [-0.1, -0.05) is 30.3 Å². The second kappa shape index (κ2) is 6.88. The third-order valence-electron chi connectivity index (χ3n) is 2.23. The largest absolute Gasteiger partial charge is 0.345 e. The monoisotopic (exact) mass is 313 g/mol. The topological polar surface area (TPSA) is 54.9 Å². The van der Waals surface area contributed by atoms with Gasteiger partial charge in [0, 0.05) is 10.6 Å². The van der Waals surface area contributed by atoms with Crippen molar-refractivity contribution in [3.05, 3.63) is 40.7 Å². The molecule has 0 saturated heterocycles. The average Bonchev–Trinajstić information content (AvgIpc) is 2.85. The number of nitrogens with zero attached hydrogens (tertiary/aromatic N) is 2. The maximum atomic E-state index is 11.9. The van der Waals surface area contributed by atoms with Gasteiger partial charge in [-0.05, 0) is 41.6 Å². The highest BCUT2D eigenvalue weighted by Crippen LogP contribution is 2.19. The molecule has 0 atom stereocenters. The summed E-state index contributed by atoms with van der Waals surface area (Å²) in [5.74, 6) is 1.45. The van der Waals surface area contributed by atoms with E-state index in [4.69, 9.17) is 11.6 Å². The van der Waals surface area contributed by atoms with E-state index in [-0.39, 0.29) is 5.91 Å². The molecule has 2 rings (SSSR count). The molecule has 0 radical (unpaired) electrons. The van der Waals surface area contributed by atoms with E-state index in [1.165, 1.54) is 11.5 Å². The summed E-state index contributed by atoms with van der Waals surface area (Å²) in [4.78, 5) is 16.2. The molecule has 1 aromatic heterocycles. The summed E-state index contributed by atoms with van der Waals surface area (Å²) in [5, 5.41) is 3.39. The molecule has 0 aliphatic carbocycles. The Morgan fingerprint density at radius 3 is 2.84 bits per heavy atom. The van der Waals surface area contributed by atoms with Crippen molar-refractivity contribution in [2.75, 3.05) is 5.75 Å². The van der Waals surface area contributed by atoms with E-state index in [1.807, 2.05) is 0 Å². The number of hydrogen-bond donors (Lipinski definition) is 1. The molecule has 0 spiro atoms. The Labute approximate surface area is 124 Å². The van der Waals surface area contributed by atoms with Gasteiger partial charge in [0.1, 0.15) is 0 Å². The molecular formula is C12H12ClN3OS2. The van der Waals surface area contributed by atoms with Gasteiger partial charge < -0.3 is 5.32 Å². The first kappa shape index (κ1) is 14.3. The Bertz CT molecular complexity index is 556. The van der Waals surface area contributed by atoms with Crippen LogP contribution in [0, 0.1) is 0 Å². The second-order valence-corrected chi connectivity index (χ2v) is 6.30. The van der Waals surface area contributed by atoms with E-state index in [1.54, 1.807) is 36.0 Å². The Kier molecular flexibility index (Phi) is 5.18. The predicted molar refractivity (Wildman–Crippen MR) is 78.9 cm³/mol. The molecule has 0 bridgehead atoms. The number of amides is 1. The summed E-state index contributed by atoms with van der Waals surface area (Å²) in [6.07, 6.45) is 0. The third-order valence-corrected chi connectivity index (χ3v) is 4.24. The fourth-order valence-corrected chi connectivity index (χ4v) is 3.01. The van der Waals surface area contributed by atoms with Crippen molar-refractivity contribution in [3.63, 3.8) is 0 Å². The molecule has 19 heavy (non-hydrogen) atoms. The highest BCUT2D eigenvalue weighted by atomic mass is 35.5. The molecular weight excluding hydrogens is 302 g/mol. The molecule has 100 valence electrons. The van der Waals surface area contributed by atoms with Crippen molar-refractivity contribution in [1.29, 1.82) is 0 Å². The zero-order valence-corrected chi connectivity index (χ0v) is 12.6. The molecule has 1 amide bonds. The number of aromatic nitrogens is 2. The fourth-order valence-electron chi connectivity index (χ4n) is 1.35. The molecule has 1 aromatic carbocycles. The molecule has 7 heteroatoms. The molecule has 0 aliphatic rings. The number of carbonyl (C=O) groups excluding carboxylic acids is 1. The van der Waals surface area contributed by atoms with E-state index in [0.29, 0.717) is 23.0 Å². The van der Waals surface area contributed by atoms with Crippen LogP contribution in [0.2, 0.25) is 5.02 Å². The summed E-state index contributed by atoms with van der Waals surface area (Å²) in [6.45, 7) is 2.40. The van der Waals surface area contributed by atoms with Gasteiger partial charge in [0.2, 0.25) is 0 Å². The minimum absolute atomic E-state index is 0.156. The van der Waals surface area contributed by atoms with Crippen molar-refractivity contribution in [1.82, 2.24) is 14.7 Å². The maximum absolute atomic E-state index is 11.9. The fraction of sp³-hybridized carbons (Fsp3) is 0.250. The normalized spacial score (nSPS) is 10.4. The predicted octanol–water partition coefficient (Wildman–Crippen LogP) is 3.23. The van der Waals surface area contributed by atoms with Crippen LogP contribution in [0.3, 0.4) is 0 Å². The van der Waals surface area contributed by atoms with Gasteiger partial charge in [0.05, 0.1) is 6.54 Å². The number of carbonyl (C=O) groups is 1. The van der Waals surface area contributed by atoms with Gasteiger partial charge in [0.25, 0.3) is 5.91 Å². The van der Waals surface area contributed by atoms with E-state index in [2.05, 4.69) is 21.6 Å². The van der Waals surface area contributed by atoms with Crippen molar-refractivity contribution in [2.24, 2.45) is 0 Å². The summed E-state index contributed by atoms with van der Waals surface area (Å²) >= 11 is 8.77. The number of rotatable bonds is 5. The van der Waals surface area contributed by atoms with Crippen LogP contribution in [-0.2, 0) is 6.54 Å². The van der Waals surface area contributed by atoms with Crippen molar-refractivity contribution in [2.45, 2.75) is 17.8 Å². The minimum Gasteiger partial charge on any atom is -0.345 e. The van der Waals surface area contributed by atoms with Crippen LogP contribution in [-0.4, -0.2) is 21.0 Å². The first-order valence-corrected chi connectivity index (χ1v) is 7.82. The highest BCUT2D eigenvalue weighted by Gasteiger charge is 2.08. The van der Waals surface area contributed by atoms with Gasteiger partial charge >= 0.3 is 0 Å². The molecule has 1 heterocycles. The summed E-state index contributed by atoms with van der Waals surface area (Å²) in [6, 6.07) is 6.75.